The number of hydrogen-bond donors (Lipinski definition) is 0. The van der Waals surface area contributed by atoms with Crippen LogP contribution >= 0.6 is 0 Å². The van der Waals surface area contributed by atoms with Gasteiger partial charge in [0.25, 0.3) is 0 Å². The summed E-state index contributed by atoms with van der Waals surface area (Å²) >= 11 is 0. The number of nitrogens with zero attached hydrogens (tertiary/aromatic N) is 3. The molecule has 3 heterocycles. The molecular formula is C18H22FN3O2. The van der Waals surface area contributed by atoms with E-state index in [4.69, 9.17) is 9.26 Å². The van der Waals surface area contributed by atoms with Crippen LogP contribution < -0.4 is 0 Å². The summed E-state index contributed by atoms with van der Waals surface area (Å²) in [5.74, 6) is 2.76. The van der Waals surface area contributed by atoms with Crippen LogP contribution in [-0.4, -0.2) is 41.3 Å². The van der Waals surface area contributed by atoms with Crippen molar-refractivity contribution in [2.45, 2.75) is 19.9 Å². The fourth-order valence-corrected chi connectivity index (χ4v) is 4.03. The lowest BCUT2D eigenvalue weighted by Crippen LogP contribution is -2.36. The van der Waals surface area contributed by atoms with Crippen molar-refractivity contribution in [3.63, 3.8) is 0 Å². The third-order valence-corrected chi connectivity index (χ3v) is 5.16. The van der Waals surface area contributed by atoms with Crippen LogP contribution in [0.4, 0.5) is 4.39 Å². The third kappa shape index (κ3) is 3.35. The molecule has 2 aliphatic rings. The maximum absolute atomic E-state index is 13.1. The first-order chi connectivity index (χ1) is 11.7. The van der Waals surface area contributed by atoms with E-state index >= 15 is 0 Å². The van der Waals surface area contributed by atoms with Gasteiger partial charge in [-0.2, -0.15) is 4.98 Å². The van der Waals surface area contributed by atoms with Gasteiger partial charge >= 0.3 is 0 Å². The smallest absolute Gasteiger partial charge is 0.227 e. The van der Waals surface area contributed by atoms with Crippen molar-refractivity contribution < 1.29 is 13.7 Å². The van der Waals surface area contributed by atoms with Gasteiger partial charge in [-0.3, -0.25) is 4.90 Å². The average Bonchev–Trinajstić information content (AvgIpc) is 3.16. The molecule has 0 amide bonds. The van der Waals surface area contributed by atoms with E-state index in [2.05, 4.69) is 15.0 Å². The SMILES string of the molecule is Cc1noc(C[C@@H]2COC[C@H]3CN(Cc4ccc(F)cc4)C[C@@H]23)n1. The average molecular weight is 331 g/mol. The van der Waals surface area contributed by atoms with E-state index in [9.17, 15) is 4.39 Å². The fraction of sp³-hybridized carbons (Fsp3) is 0.556. The standard InChI is InChI=1S/C18H22FN3O2/c1-12-20-18(24-21-12)6-14-10-23-11-15-8-22(9-17(14)15)7-13-2-4-16(19)5-3-13/h2-5,14-15,17H,6-11H2,1H3/t14-,15-,17+/m1/s1. The molecule has 0 spiro atoms. The molecule has 1 aromatic carbocycles. The van der Waals surface area contributed by atoms with Gasteiger partial charge in [0.1, 0.15) is 5.82 Å². The van der Waals surface area contributed by atoms with E-state index in [-0.39, 0.29) is 5.82 Å². The minimum atomic E-state index is -0.183. The molecule has 2 fully saturated rings. The van der Waals surface area contributed by atoms with Crippen LogP contribution in [0.3, 0.4) is 0 Å². The summed E-state index contributed by atoms with van der Waals surface area (Å²) in [6, 6.07) is 6.80. The largest absolute Gasteiger partial charge is 0.381 e. The minimum Gasteiger partial charge on any atom is -0.381 e. The van der Waals surface area contributed by atoms with Gasteiger partial charge in [0.05, 0.1) is 13.2 Å². The zero-order valence-corrected chi connectivity index (χ0v) is 13.8. The number of rotatable bonds is 4. The lowest BCUT2D eigenvalue weighted by atomic mass is 9.81. The van der Waals surface area contributed by atoms with Crippen LogP contribution in [0.1, 0.15) is 17.3 Å². The summed E-state index contributed by atoms with van der Waals surface area (Å²) in [6.45, 7) is 6.36. The van der Waals surface area contributed by atoms with E-state index in [1.165, 1.54) is 12.1 Å². The summed E-state index contributed by atoms with van der Waals surface area (Å²) in [5, 5.41) is 3.88. The number of hydrogen-bond acceptors (Lipinski definition) is 5. The van der Waals surface area contributed by atoms with Crippen LogP contribution in [0.5, 0.6) is 0 Å². The molecule has 2 aliphatic heterocycles. The minimum absolute atomic E-state index is 0.183. The van der Waals surface area contributed by atoms with Gasteiger partial charge < -0.3 is 9.26 Å². The van der Waals surface area contributed by atoms with E-state index in [0.29, 0.717) is 29.5 Å². The molecule has 2 saturated heterocycles. The van der Waals surface area contributed by atoms with Gasteiger partial charge in [-0.15, -0.1) is 0 Å². The Kier molecular flexibility index (Phi) is 4.33. The molecule has 3 atom stereocenters. The van der Waals surface area contributed by atoms with E-state index in [1.54, 1.807) is 0 Å². The molecule has 0 bridgehead atoms. The molecule has 0 unspecified atom stereocenters. The highest BCUT2D eigenvalue weighted by Gasteiger charge is 2.41. The summed E-state index contributed by atoms with van der Waals surface area (Å²) < 4.78 is 24.2. The molecule has 5 nitrogen and oxygen atoms in total. The van der Waals surface area contributed by atoms with Gasteiger partial charge in [0, 0.05) is 26.1 Å². The lowest BCUT2D eigenvalue weighted by Gasteiger charge is -2.32. The summed E-state index contributed by atoms with van der Waals surface area (Å²) in [6.07, 6.45) is 0.784. The molecule has 0 N–H and O–H groups in total. The predicted octanol–water partition coefficient (Wildman–Crippen LogP) is 2.45. The second-order valence-corrected chi connectivity index (χ2v) is 6.98. The molecule has 128 valence electrons. The van der Waals surface area contributed by atoms with E-state index < -0.39 is 0 Å². The molecule has 0 aliphatic carbocycles. The number of ether oxygens (including phenoxy) is 1. The van der Waals surface area contributed by atoms with Crippen molar-refractivity contribution in [2.24, 2.45) is 17.8 Å². The molecule has 2 aromatic rings. The van der Waals surface area contributed by atoms with Crippen molar-refractivity contribution in [2.75, 3.05) is 26.3 Å². The van der Waals surface area contributed by atoms with Crippen molar-refractivity contribution in [3.05, 3.63) is 47.4 Å². The molecule has 0 saturated carbocycles. The maximum Gasteiger partial charge on any atom is 0.227 e. The molecule has 24 heavy (non-hydrogen) atoms. The molecular weight excluding hydrogens is 309 g/mol. The Morgan fingerprint density at radius 1 is 1.21 bits per heavy atom. The van der Waals surface area contributed by atoms with Crippen molar-refractivity contribution >= 4 is 0 Å². The summed E-state index contributed by atoms with van der Waals surface area (Å²) in [4.78, 5) is 6.78. The van der Waals surface area contributed by atoms with Crippen molar-refractivity contribution in [3.8, 4) is 0 Å². The van der Waals surface area contributed by atoms with Gasteiger partial charge in [0.2, 0.25) is 5.89 Å². The number of halogens is 1. The first kappa shape index (κ1) is 15.7. The Hall–Kier alpha value is -1.79. The first-order valence-corrected chi connectivity index (χ1v) is 8.51. The zero-order valence-electron chi connectivity index (χ0n) is 13.8. The Bertz CT molecular complexity index is 688. The Balaban J connectivity index is 1.41. The number of aromatic nitrogens is 2. The van der Waals surface area contributed by atoms with E-state index in [0.717, 1.165) is 44.8 Å². The second-order valence-electron chi connectivity index (χ2n) is 6.98. The van der Waals surface area contributed by atoms with Crippen molar-refractivity contribution in [1.29, 1.82) is 0 Å². The third-order valence-electron chi connectivity index (χ3n) is 5.16. The number of fused-ring (bicyclic) bond motifs is 1. The highest BCUT2D eigenvalue weighted by molar-refractivity contribution is 5.16. The van der Waals surface area contributed by atoms with Crippen LogP contribution in [0, 0.1) is 30.5 Å². The quantitative estimate of drug-likeness (QED) is 0.861. The van der Waals surface area contributed by atoms with Gasteiger partial charge in [-0.1, -0.05) is 17.3 Å². The topological polar surface area (TPSA) is 51.4 Å². The van der Waals surface area contributed by atoms with Crippen LogP contribution in [0.25, 0.3) is 0 Å². The normalized spacial score (nSPS) is 27.3. The Morgan fingerprint density at radius 2 is 2.04 bits per heavy atom. The predicted molar refractivity (Wildman–Crippen MR) is 85.7 cm³/mol. The van der Waals surface area contributed by atoms with Crippen LogP contribution in [0.2, 0.25) is 0 Å². The first-order valence-electron chi connectivity index (χ1n) is 8.51. The highest BCUT2D eigenvalue weighted by atomic mass is 19.1. The summed E-state index contributed by atoms with van der Waals surface area (Å²) in [7, 11) is 0. The number of benzene rings is 1. The number of likely N-dealkylation sites (tertiary alicyclic amines) is 1. The maximum atomic E-state index is 13.1. The van der Waals surface area contributed by atoms with Gasteiger partial charge in [-0.25, -0.2) is 4.39 Å². The molecule has 6 heteroatoms. The summed E-state index contributed by atoms with van der Waals surface area (Å²) in [5.41, 5.74) is 1.15. The highest BCUT2D eigenvalue weighted by Crippen LogP contribution is 2.36. The molecule has 4 rings (SSSR count). The Morgan fingerprint density at radius 3 is 2.79 bits per heavy atom. The second kappa shape index (κ2) is 6.61. The van der Waals surface area contributed by atoms with Gasteiger partial charge in [0.15, 0.2) is 5.82 Å². The zero-order chi connectivity index (χ0) is 16.5. The molecule has 1 aromatic heterocycles. The lowest BCUT2D eigenvalue weighted by molar-refractivity contribution is -0.0110. The van der Waals surface area contributed by atoms with Crippen molar-refractivity contribution in [1.82, 2.24) is 15.0 Å². The van der Waals surface area contributed by atoms with E-state index in [1.807, 2.05) is 19.1 Å². The van der Waals surface area contributed by atoms with Crippen LogP contribution in [-0.2, 0) is 17.7 Å². The van der Waals surface area contributed by atoms with Crippen LogP contribution in [0.15, 0.2) is 28.8 Å². The monoisotopic (exact) mass is 331 g/mol. The molecule has 0 radical (unpaired) electrons. The van der Waals surface area contributed by atoms with Gasteiger partial charge in [-0.05, 0) is 42.4 Å². The fourth-order valence-electron chi connectivity index (χ4n) is 4.03. The number of aryl methyl sites for hydroxylation is 1. The Labute approximate surface area is 140 Å².